The summed E-state index contributed by atoms with van der Waals surface area (Å²) < 4.78 is 7.22. The van der Waals surface area contributed by atoms with E-state index in [1.165, 1.54) is 0 Å². The lowest BCUT2D eigenvalue weighted by atomic mass is 10.2. The van der Waals surface area contributed by atoms with Gasteiger partial charge < -0.3 is 4.74 Å². The number of halogens is 2. The minimum Gasteiger partial charge on any atom is -0.482 e. The van der Waals surface area contributed by atoms with Crippen LogP contribution in [0.15, 0.2) is 26.2 Å². The van der Waals surface area contributed by atoms with Crippen LogP contribution in [0.5, 0.6) is 5.75 Å². The van der Waals surface area contributed by atoms with E-state index in [-0.39, 0.29) is 12.5 Å². The molecular formula is C12H14Br2N2O2. The minimum absolute atomic E-state index is 0.0673. The van der Waals surface area contributed by atoms with Crippen molar-refractivity contribution in [3.05, 3.63) is 26.6 Å². The lowest BCUT2D eigenvalue weighted by Crippen LogP contribution is -2.24. The summed E-state index contributed by atoms with van der Waals surface area (Å²) >= 11 is 6.78. The number of amides is 1. The average Bonchev–Trinajstić information content (AvgIpc) is 2.27. The van der Waals surface area contributed by atoms with Gasteiger partial charge in [0.05, 0.1) is 4.47 Å². The lowest BCUT2D eigenvalue weighted by Gasteiger charge is -2.10. The molecule has 1 amide bonds. The molecule has 98 valence electrons. The van der Waals surface area contributed by atoms with Crippen LogP contribution in [-0.2, 0) is 4.79 Å². The minimum atomic E-state index is -0.283. The van der Waals surface area contributed by atoms with Crippen molar-refractivity contribution < 1.29 is 9.53 Å². The number of rotatable bonds is 5. The first kappa shape index (κ1) is 15.2. The van der Waals surface area contributed by atoms with E-state index in [1.807, 2.05) is 26.0 Å². The SMILES string of the molecule is CC/C=N/NC(=O)COc1c(C)cc(Br)cc1Br. The van der Waals surface area contributed by atoms with Crippen LogP contribution in [0.4, 0.5) is 0 Å². The molecule has 0 aromatic heterocycles. The van der Waals surface area contributed by atoms with Gasteiger partial charge in [0, 0.05) is 10.7 Å². The van der Waals surface area contributed by atoms with E-state index in [1.54, 1.807) is 6.21 Å². The van der Waals surface area contributed by atoms with Gasteiger partial charge in [0.15, 0.2) is 6.61 Å². The molecule has 18 heavy (non-hydrogen) atoms. The van der Waals surface area contributed by atoms with Crippen molar-refractivity contribution in [3.63, 3.8) is 0 Å². The molecule has 1 aromatic carbocycles. The van der Waals surface area contributed by atoms with Gasteiger partial charge in [-0.15, -0.1) is 0 Å². The predicted octanol–water partition coefficient (Wildman–Crippen LogP) is 3.41. The quantitative estimate of drug-likeness (QED) is 0.631. The third-order valence-corrected chi connectivity index (χ3v) is 3.05. The lowest BCUT2D eigenvalue weighted by molar-refractivity contribution is -0.123. The second-order valence-corrected chi connectivity index (χ2v) is 5.35. The normalized spacial score (nSPS) is 10.7. The van der Waals surface area contributed by atoms with E-state index in [4.69, 9.17) is 4.74 Å². The molecule has 0 heterocycles. The highest BCUT2D eigenvalue weighted by atomic mass is 79.9. The van der Waals surface area contributed by atoms with E-state index >= 15 is 0 Å². The highest BCUT2D eigenvalue weighted by molar-refractivity contribution is 9.11. The van der Waals surface area contributed by atoms with E-state index in [0.717, 1.165) is 20.9 Å². The van der Waals surface area contributed by atoms with Crippen molar-refractivity contribution >= 4 is 44.0 Å². The summed E-state index contributed by atoms with van der Waals surface area (Å²) in [5.41, 5.74) is 3.33. The molecule has 4 nitrogen and oxygen atoms in total. The zero-order valence-corrected chi connectivity index (χ0v) is 13.3. The zero-order valence-electron chi connectivity index (χ0n) is 10.2. The largest absolute Gasteiger partial charge is 0.482 e. The van der Waals surface area contributed by atoms with E-state index in [9.17, 15) is 4.79 Å². The first-order chi connectivity index (χ1) is 8.54. The Hall–Kier alpha value is -0.880. The van der Waals surface area contributed by atoms with Gasteiger partial charge in [-0.25, -0.2) is 5.43 Å². The Morgan fingerprint density at radius 3 is 2.83 bits per heavy atom. The summed E-state index contributed by atoms with van der Waals surface area (Å²) in [6, 6.07) is 3.79. The Bertz CT molecular complexity index is 438. The average molecular weight is 378 g/mol. The molecule has 0 aliphatic carbocycles. The summed E-state index contributed by atoms with van der Waals surface area (Å²) in [5.74, 6) is 0.377. The standard InChI is InChI=1S/C12H14Br2N2O2/c1-3-4-15-16-11(17)7-18-12-8(2)5-9(13)6-10(12)14/h4-6H,3,7H2,1-2H3,(H,16,17)/b15-4+. The van der Waals surface area contributed by atoms with Crippen molar-refractivity contribution in [1.82, 2.24) is 5.43 Å². The number of nitrogens with one attached hydrogen (secondary N) is 1. The van der Waals surface area contributed by atoms with Crippen LogP contribution in [0.2, 0.25) is 0 Å². The number of nitrogens with zero attached hydrogens (tertiary/aromatic N) is 1. The summed E-state index contributed by atoms with van der Waals surface area (Å²) in [6.45, 7) is 3.79. The third-order valence-electron chi connectivity index (χ3n) is 2.00. The maximum absolute atomic E-state index is 11.4. The van der Waals surface area contributed by atoms with Gasteiger partial charge >= 0.3 is 0 Å². The summed E-state index contributed by atoms with van der Waals surface area (Å²) in [7, 11) is 0. The fourth-order valence-corrected chi connectivity index (χ4v) is 2.80. The molecule has 0 saturated carbocycles. The van der Waals surface area contributed by atoms with E-state index in [0.29, 0.717) is 5.75 Å². The zero-order chi connectivity index (χ0) is 13.5. The Labute approximate surface area is 123 Å². The van der Waals surface area contributed by atoms with Crippen LogP contribution in [0, 0.1) is 6.92 Å². The molecule has 0 atom stereocenters. The number of hydrogen-bond acceptors (Lipinski definition) is 3. The number of aryl methyl sites for hydroxylation is 1. The maximum Gasteiger partial charge on any atom is 0.277 e. The number of carbonyl (C=O) groups is 1. The fourth-order valence-electron chi connectivity index (χ4n) is 1.25. The maximum atomic E-state index is 11.4. The van der Waals surface area contributed by atoms with Crippen molar-refractivity contribution in [2.45, 2.75) is 20.3 Å². The second-order valence-electron chi connectivity index (χ2n) is 3.58. The third kappa shape index (κ3) is 4.78. The molecule has 0 unspecified atom stereocenters. The molecule has 0 spiro atoms. The van der Waals surface area contributed by atoms with Gasteiger partial charge in [0.25, 0.3) is 5.91 Å². The van der Waals surface area contributed by atoms with Gasteiger partial charge in [0.1, 0.15) is 5.75 Å². The number of hydrogen-bond donors (Lipinski definition) is 1. The van der Waals surface area contributed by atoms with Crippen molar-refractivity contribution in [2.24, 2.45) is 5.10 Å². The molecule has 0 aliphatic heterocycles. The Morgan fingerprint density at radius 1 is 1.50 bits per heavy atom. The second kappa shape index (κ2) is 7.53. The molecule has 0 fully saturated rings. The number of hydrazone groups is 1. The summed E-state index contributed by atoms with van der Waals surface area (Å²) in [5, 5.41) is 3.74. The summed E-state index contributed by atoms with van der Waals surface area (Å²) in [6.07, 6.45) is 2.40. The van der Waals surface area contributed by atoms with Crippen LogP contribution in [-0.4, -0.2) is 18.7 Å². The Balaban J connectivity index is 2.58. The molecule has 0 bridgehead atoms. The molecule has 1 N–H and O–H groups in total. The van der Waals surface area contributed by atoms with Gasteiger partial charge in [-0.05, 0) is 47.0 Å². The Morgan fingerprint density at radius 2 is 2.22 bits per heavy atom. The predicted molar refractivity (Wildman–Crippen MR) is 79.0 cm³/mol. The molecule has 0 aliphatic rings. The molecular weight excluding hydrogens is 364 g/mol. The smallest absolute Gasteiger partial charge is 0.277 e. The van der Waals surface area contributed by atoms with Crippen LogP contribution >= 0.6 is 31.9 Å². The van der Waals surface area contributed by atoms with Gasteiger partial charge in [-0.3, -0.25) is 4.79 Å². The highest BCUT2D eigenvalue weighted by Gasteiger charge is 2.09. The fraction of sp³-hybridized carbons (Fsp3) is 0.333. The van der Waals surface area contributed by atoms with Crippen molar-refractivity contribution in [3.8, 4) is 5.75 Å². The van der Waals surface area contributed by atoms with Gasteiger partial charge in [0.2, 0.25) is 0 Å². The summed E-state index contributed by atoms with van der Waals surface area (Å²) in [4.78, 5) is 11.4. The van der Waals surface area contributed by atoms with E-state index < -0.39 is 0 Å². The highest BCUT2D eigenvalue weighted by Crippen LogP contribution is 2.32. The molecule has 0 radical (unpaired) electrons. The molecule has 1 aromatic rings. The van der Waals surface area contributed by atoms with E-state index in [2.05, 4.69) is 42.4 Å². The topological polar surface area (TPSA) is 50.7 Å². The van der Waals surface area contributed by atoms with Crippen LogP contribution in [0.25, 0.3) is 0 Å². The molecule has 6 heteroatoms. The van der Waals surface area contributed by atoms with Crippen LogP contribution in [0.3, 0.4) is 0 Å². The monoisotopic (exact) mass is 376 g/mol. The molecule has 0 saturated heterocycles. The molecule has 1 rings (SSSR count). The van der Waals surface area contributed by atoms with Gasteiger partial charge in [-0.1, -0.05) is 22.9 Å². The number of carbonyl (C=O) groups excluding carboxylic acids is 1. The van der Waals surface area contributed by atoms with Crippen LogP contribution in [0.1, 0.15) is 18.9 Å². The Kier molecular flexibility index (Phi) is 6.35. The van der Waals surface area contributed by atoms with Gasteiger partial charge in [-0.2, -0.15) is 5.10 Å². The van der Waals surface area contributed by atoms with Crippen molar-refractivity contribution in [2.75, 3.05) is 6.61 Å². The number of ether oxygens (including phenoxy) is 1. The first-order valence-corrected chi connectivity index (χ1v) is 7.02. The first-order valence-electron chi connectivity index (χ1n) is 5.43. The van der Waals surface area contributed by atoms with Crippen LogP contribution < -0.4 is 10.2 Å². The number of benzene rings is 1. The van der Waals surface area contributed by atoms with Crippen molar-refractivity contribution in [1.29, 1.82) is 0 Å².